The van der Waals surface area contributed by atoms with E-state index in [9.17, 15) is 9.59 Å². The highest BCUT2D eigenvalue weighted by atomic mass is 16.6. The normalized spacial score (nSPS) is 12.8. The first kappa shape index (κ1) is 36.2. The van der Waals surface area contributed by atoms with Crippen LogP contribution >= 0.6 is 0 Å². The van der Waals surface area contributed by atoms with E-state index in [1.54, 1.807) is 4.90 Å². The lowest BCUT2D eigenvalue weighted by molar-refractivity contribution is 0.0220. The minimum Gasteiger partial charge on any atom is -0.488 e. The molecule has 6 rings (SSSR count). The largest absolute Gasteiger partial charge is 0.488 e. The molecule has 52 heavy (non-hydrogen) atoms. The summed E-state index contributed by atoms with van der Waals surface area (Å²) in [5.41, 5.74) is 5.17. The predicted molar refractivity (Wildman–Crippen MR) is 198 cm³/mol. The summed E-state index contributed by atoms with van der Waals surface area (Å²) in [6.07, 6.45) is 0.168. The standard InChI is InChI=1S/C41H47N5O6/c1-8-42-39(47)36-35(38-43-31-23-46(20-19-32(31)45(38)7)40(48)51-41(4,5)6)37(52-44-36)30-21-29(26(2)3)33(49-24-27-15-11-9-12-16-27)22-34(30)50-25-28-17-13-10-14-18-28/h9-18,21-22,26H,8,19-20,23-25H2,1-7H3,(H,42,47). The van der Waals surface area contributed by atoms with E-state index in [0.717, 1.165) is 28.1 Å². The highest BCUT2D eigenvalue weighted by molar-refractivity contribution is 6.01. The molecule has 0 saturated carbocycles. The average molecular weight is 706 g/mol. The molecule has 2 aromatic heterocycles. The third kappa shape index (κ3) is 7.98. The van der Waals surface area contributed by atoms with Gasteiger partial charge in [-0.3, -0.25) is 4.79 Å². The molecule has 0 radical (unpaired) electrons. The summed E-state index contributed by atoms with van der Waals surface area (Å²) >= 11 is 0. The number of ether oxygens (including phenoxy) is 3. The third-order valence-electron chi connectivity index (χ3n) is 8.83. The number of aromatic nitrogens is 3. The van der Waals surface area contributed by atoms with Gasteiger partial charge in [-0.15, -0.1) is 0 Å². The second kappa shape index (κ2) is 15.3. The van der Waals surface area contributed by atoms with E-state index in [4.69, 9.17) is 23.7 Å². The molecular weight excluding hydrogens is 658 g/mol. The number of amides is 2. The van der Waals surface area contributed by atoms with Gasteiger partial charge in [-0.2, -0.15) is 0 Å². The smallest absolute Gasteiger partial charge is 0.410 e. The van der Waals surface area contributed by atoms with Gasteiger partial charge in [0.05, 0.1) is 23.4 Å². The van der Waals surface area contributed by atoms with Crippen LogP contribution < -0.4 is 14.8 Å². The number of rotatable bonds is 11. The number of nitrogens with one attached hydrogen (secondary N) is 1. The number of imidazole rings is 1. The maximum Gasteiger partial charge on any atom is 0.410 e. The zero-order valence-electron chi connectivity index (χ0n) is 31.0. The summed E-state index contributed by atoms with van der Waals surface area (Å²) < 4.78 is 26.7. The van der Waals surface area contributed by atoms with Crippen LogP contribution in [0.3, 0.4) is 0 Å². The molecule has 0 spiro atoms. The first-order chi connectivity index (χ1) is 24.9. The Kier molecular flexibility index (Phi) is 10.7. The maximum atomic E-state index is 13.6. The number of nitrogens with zero attached hydrogens (tertiary/aromatic N) is 4. The predicted octanol–water partition coefficient (Wildman–Crippen LogP) is 8.07. The van der Waals surface area contributed by atoms with Crippen molar-refractivity contribution in [3.63, 3.8) is 0 Å². The topological polar surface area (TPSA) is 121 Å². The minimum atomic E-state index is -0.622. The summed E-state index contributed by atoms with van der Waals surface area (Å²) in [6.45, 7) is 13.4. The molecule has 0 unspecified atom stereocenters. The van der Waals surface area contributed by atoms with Crippen LogP contribution in [0.1, 0.15) is 86.0 Å². The monoisotopic (exact) mass is 705 g/mol. The Bertz CT molecular complexity index is 2030. The summed E-state index contributed by atoms with van der Waals surface area (Å²) in [4.78, 5) is 33.3. The molecule has 0 saturated heterocycles. The van der Waals surface area contributed by atoms with Crippen LogP contribution in [0.15, 0.2) is 77.3 Å². The summed E-state index contributed by atoms with van der Waals surface area (Å²) in [6, 6.07) is 23.8. The van der Waals surface area contributed by atoms with Crippen molar-refractivity contribution in [1.29, 1.82) is 0 Å². The SMILES string of the molecule is CCNC(=O)c1noc(-c2cc(C(C)C)c(OCc3ccccc3)cc2OCc2ccccc2)c1-c1nc2c(n1C)CCN(C(=O)OC(C)(C)C)C2. The fourth-order valence-electron chi connectivity index (χ4n) is 6.24. The van der Waals surface area contributed by atoms with E-state index in [-0.39, 0.29) is 30.7 Å². The van der Waals surface area contributed by atoms with Crippen LogP contribution in [0, 0.1) is 0 Å². The Morgan fingerprint density at radius 2 is 1.58 bits per heavy atom. The summed E-state index contributed by atoms with van der Waals surface area (Å²) in [5, 5.41) is 7.21. The van der Waals surface area contributed by atoms with Gasteiger partial charge in [-0.1, -0.05) is 79.7 Å². The average Bonchev–Trinajstić information content (AvgIpc) is 3.70. The van der Waals surface area contributed by atoms with E-state index >= 15 is 0 Å². The van der Waals surface area contributed by atoms with Crippen LogP contribution in [0.4, 0.5) is 4.79 Å². The number of carbonyl (C=O) groups is 2. The molecule has 3 aromatic carbocycles. The zero-order chi connectivity index (χ0) is 37.0. The first-order valence-electron chi connectivity index (χ1n) is 17.8. The molecule has 5 aromatic rings. The van der Waals surface area contributed by atoms with Gasteiger partial charge in [0.25, 0.3) is 5.91 Å². The molecule has 2 amide bonds. The Morgan fingerprint density at radius 1 is 0.942 bits per heavy atom. The lowest BCUT2D eigenvalue weighted by atomic mass is 9.96. The molecule has 1 aliphatic rings. The van der Waals surface area contributed by atoms with E-state index in [1.165, 1.54) is 0 Å². The molecule has 1 aliphatic heterocycles. The van der Waals surface area contributed by atoms with Crippen molar-refractivity contribution in [3.8, 4) is 34.2 Å². The van der Waals surface area contributed by atoms with Gasteiger partial charge < -0.3 is 33.5 Å². The quantitative estimate of drug-likeness (QED) is 0.147. The number of fused-ring (bicyclic) bond motifs is 1. The van der Waals surface area contributed by atoms with Crippen molar-refractivity contribution < 1.29 is 28.3 Å². The van der Waals surface area contributed by atoms with Crippen molar-refractivity contribution >= 4 is 12.0 Å². The zero-order valence-corrected chi connectivity index (χ0v) is 31.0. The minimum absolute atomic E-state index is 0.0706. The Balaban J connectivity index is 1.47. The fourth-order valence-corrected chi connectivity index (χ4v) is 6.24. The number of benzene rings is 3. The van der Waals surface area contributed by atoms with Crippen molar-refractivity contribution in [2.75, 3.05) is 13.1 Å². The van der Waals surface area contributed by atoms with Gasteiger partial charge in [0, 0.05) is 38.3 Å². The Hall–Kier alpha value is -5.58. The van der Waals surface area contributed by atoms with E-state index in [1.807, 2.05) is 112 Å². The third-order valence-corrected chi connectivity index (χ3v) is 8.83. The second-order valence-electron chi connectivity index (χ2n) is 14.2. The molecule has 272 valence electrons. The Morgan fingerprint density at radius 3 is 2.17 bits per heavy atom. The highest BCUT2D eigenvalue weighted by Gasteiger charge is 2.34. The molecule has 11 nitrogen and oxygen atoms in total. The molecule has 0 fully saturated rings. The van der Waals surface area contributed by atoms with Gasteiger partial charge in [0.2, 0.25) is 0 Å². The summed E-state index contributed by atoms with van der Waals surface area (Å²) in [7, 11) is 1.91. The number of hydrogen-bond acceptors (Lipinski definition) is 8. The van der Waals surface area contributed by atoms with Crippen LogP contribution in [-0.4, -0.2) is 50.3 Å². The number of carbonyl (C=O) groups excluding carboxylic acids is 2. The molecule has 0 bridgehead atoms. The number of hydrogen-bond donors (Lipinski definition) is 1. The van der Waals surface area contributed by atoms with E-state index < -0.39 is 11.7 Å². The van der Waals surface area contributed by atoms with Gasteiger partial charge >= 0.3 is 6.09 Å². The van der Waals surface area contributed by atoms with E-state index in [0.29, 0.717) is 60.3 Å². The molecule has 3 heterocycles. The molecular formula is C41H47N5O6. The van der Waals surface area contributed by atoms with Crippen molar-refractivity contribution in [3.05, 3.63) is 107 Å². The van der Waals surface area contributed by atoms with Crippen LogP contribution in [0.5, 0.6) is 11.5 Å². The molecule has 0 aliphatic carbocycles. The van der Waals surface area contributed by atoms with Crippen molar-refractivity contribution in [2.24, 2.45) is 7.05 Å². The first-order valence-corrected chi connectivity index (χ1v) is 17.8. The molecule has 11 heteroatoms. The van der Waals surface area contributed by atoms with Gasteiger partial charge in [-0.25, -0.2) is 9.78 Å². The molecule has 0 atom stereocenters. The lowest BCUT2D eigenvalue weighted by Crippen LogP contribution is -2.40. The Labute approximate surface area is 304 Å². The lowest BCUT2D eigenvalue weighted by Gasteiger charge is -2.29. The second-order valence-corrected chi connectivity index (χ2v) is 14.2. The van der Waals surface area contributed by atoms with Crippen LogP contribution in [-0.2, 0) is 38.0 Å². The van der Waals surface area contributed by atoms with Crippen molar-refractivity contribution in [2.45, 2.75) is 79.2 Å². The van der Waals surface area contributed by atoms with Gasteiger partial charge in [0.1, 0.15) is 36.1 Å². The molecule has 1 N–H and O–H groups in total. The van der Waals surface area contributed by atoms with Crippen molar-refractivity contribution in [1.82, 2.24) is 24.9 Å². The fraction of sp³-hybridized carbons (Fsp3) is 0.366. The summed E-state index contributed by atoms with van der Waals surface area (Å²) in [5.74, 6) is 1.72. The van der Waals surface area contributed by atoms with Gasteiger partial charge in [0.15, 0.2) is 11.5 Å². The van der Waals surface area contributed by atoms with Crippen LogP contribution in [0.2, 0.25) is 0 Å². The van der Waals surface area contributed by atoms with E-state index in [2.05, 4.69) is 24.3 Å². The maximum absolute atomic E-state index is 13.6. The van der Waals surface area contributed by atoms with Crippen LogP contribution in [0.25, 0.3) is 22.7 Å². The highest BCUT2D eigenvalue weighted by Crippen LogP contribution is 2.44. The van der Waals surface area contributed by atoms with Gasteiger partial charge in [-0.05, 0) is 56.4 Å².